The lowest BCUT2D eigenvalue weighted by atomic mass is 9.84. The van der Waals surface area contributed by atoms with E-state index >= 15 is 0 Å². The van der Waals surface area contributed by atoms with Gasteiger partial charge in [-0.05, 0) is 61.4 Å². The van der Waals surface area contributed by atoms with Crippen molar-refractivity contribution in [3.8, 4) is 34.5 Å². The van der Waals surface area contributed by atoms with Gasteiger partial charge in [0.2, 0.25) is 0 Å². The minimum Gasteiger partial charge on any atom is -0.508 e. The third kappa shape index (κ3) is 6.80. The normalized spacial score (nSPS) is 14.0. The topological polar surface area (TPSA) is 149 Å². The summed E-state index contributed by atoms with van der Waals surface area (Å²) >= 11 is 0. The van der Waals surface area contributed by atoms with Gasteiger partial charge < -0.3 is 44.8 Å². The van der Waals surface area contributed by atoms with Gasteiger partial charge >= 0.3 is 0 Å². The first-order chi connectivity index (χ1) is 20.6. The molecule has 4 unspecified atom stereocenters. The molecule has 0 heterocycles. The number of aliphatic hydroxyl groups excluding tert-OH is 3. The van der Waals surface area contributed by atoms with E-state index < -0.39 is 37.3 Å². The van der Waals surface area contributed by atoms with Crippen LogP contribution in [0.15, 0.2) is 72.8 Å². The van der Waals surface area contributed by atoms with E-state index in [1.807, 2.05) is 13.8 Å². The molecule has 6 N–H and O–H groups in total. The molecule has 0 bridgehead atoms. The highest BCUT2D eigenvalue weighted by molar-refractivity contribution is 5.52. The third-order valence-electron chi connectivity index (χ3n) is 7.55. The Morgan fingerprint density at radius 3 is 1.65 bits per heavy atom. The molecule has 4 aromatic carbocycles. The molecule has 0 aliphatic rings. The number of aryl methyl sites for hydroxylation is 2. The zero-order valence-electron chi connectivity index (χ0n) is 24.6. The van der Waals surface area contributed by atoms with Gasteiger partial charge in [0, 0.05) is 17.0 Å². The Morgan fingerprint density at radius 2 is 1.09 bits per heavy atom. The molecular formula is C34H38O9. The molecule has 4 rings (SSSR count). The highest BCUT2D eigenvalue weighted by Gasteiger charge is 2.32. The summed E-state index contributed by atoms with van der Waals surface area (Å²) in [6, 6.07) is 20.0. The first kappa shape index (κ1) is 31.5. The van der Waals surface area contributed by atoms with Crippen LogP contribution >= 0.6 is 0 Å². The molecule has 0 fully saturated rings. The third-order valence-corrected chi connectivity index (χ3v) is 7.55. The molecule has 0 aromatic heterocycles. The van der Waals surface area contributed by atoms with E-state index in [4.69, 9.17) is 14.2 Å². The van der Waals surface area contributed by atoms with Crippen molar-refractivity contribution < 1.29 is 44.8 Å². The lowest BCUT2D eigenvalue weighted by Crippen LogP contribution is -2.30. The summed E-state index contributed by atoms with van der Waals surface area (Å²) in [7, 11) is 2.89. The molecule has 0 radical (unpaired) electrons. The van der Waals surface area contributed by atoms with Crippen LogP contribution in [0.3, 0.4) is 0 Å². The largest absolute Gasteiger partial charge is 0.508 e. The predicted molar refractivity (Wildman–Crippen MR) is 162 cm³/mol. The summed E-state index contributed by atoms with van der Waals surface area (Å²) in [6.07, 6.45) is -2.14. The average molecular weight is 591 g/mol. The molecule has 4 aromatic rings. The number of phenols is 3. The minimum atomic E-state index is -1.22. The van der Waals surface area contributed by atoms with Gasteiger partial charge in [-0.15, -0.1) is 0 Å². The second kappa shape index (κ2) is 13.7. The monoisotopic (exact) mass is 590 g/mol. The molecule has 9 heteroatoms. The van der Waals surface area contributed by atoms with Crippen LogP contribution in [0.1, 0.15) is 45.2 Å². The molecule has 0 saturated heterocycles. The van der Waals surface area contributed by atoms with Gasteiger partial charge in [0.15, 0.2) is 23.0 Å². The molecule has 0 aliphatic heterocycles. The highest BCUT2D eigenvalue weighted by atomic mass is 16.5. The van der Waals surface area contributed by atoms with Gasteiger partial charge in [-0.3, -0.25) is 0 Å². The van der Waals surface area contributed by atoms with Crippen molar-refractivity contribution >= 4 is 0 Å². The van der Waals surface area contributed by atoms with E-state index in [9.17, 15) is 30.6 Å². The van der Waals surface area contributed by atoms with Crippen molar-refractivity contribution in [3.63, 3.8) is 0 Å². The standard InChI is InChI=1S/C34H38O9/c1-19-5-9-25(37)23(13-19)33(28(40)17-35)21-8-12-29(31(16-21)42-4)43-32(18-36)34(24-14-20(2)6-10-26(24)38)22-7-11-27(39)30(15-22)41-3/h5-16,28,32-40H,17-18H2,1-4H3. The van der Waals surface area contributed by atoms with Crippen molar-refractivity contribution in [2.75, 3.05) is 27.4 Å². The summed E-state index contributed by atoms with van der Waals surface area (Å²) in [5, 5.41) is 62.9. The summed E-state index contributed by atoms with van der Waals surface area (Å²) < 4.78 is 17.3. The molecular weight excluding hydrogens is 552 g/mol. The highest BCUT2D eigenvalue weighted by Crippen LogP contribution is 2.42. The summed E-state index contributed by atoms with van der Waals surface area (Å²) in [4.78, 5) is 0. The zero-order valence-corrected chi connectivity index (χ0v) is 24.6. The Kier molecular flexibility index (Phi) is 10.0. The number of aliphatic hydroxyl groups is 3. The van der Waals surface area contributed by atoms with Crippen LogP contribution in [0, 0.1) is 13.8 Å². The molecule has 0 amide bonds. The van der Waals surface area contributed by atoms with Crippen molar-refractivity contribution in [2.45, 2.75) is 37.9 Å². The Balaban J connectivity index is 1.79. The molecule has 43 heavy (non-hydrogen) atoms. The number of rotatable bonds is 12. The first-order valence-electron chi connectivity index (χ1n) is 13.8. The van der Waals surface area contributed by atoms with Gasteiger partial charge in [-0.2, -0.15) is 0 Å². The fourth-order valence-electron chi connectivity index (χ4n) is 5.39. The maximum absolute atomic E-state index is 10.9. The van der Waals surface area contributed by atoms with Crippen molar-refractivity contribution in [1.82, 2.24) is 0 Å². The maximum atomic E-state index is 10.9. The van der Waals surface area contributed by atoms with E-state index in [1.54, 1.807) is 66.7 Å². The molecule has 0 saturated carbocycles. The Labute approximate surface area is 250 Å². The predicted octanol–water partition coefficient (Wildman–Crippen LogP) is 4.49. The minimum absolute atomic E-state index is 0.00537. The summed E-state index contributed by atoms with van der Waals surface area (Å²) in [5.74, 6) is -0.760. The summed E-state index contributed by atoms with van der Waals surface area (Å²) in [5.41, 5.74) is 3.88. The smallest absolute Gasteiger partial charge is 0.161 e. The Morgan fingerprint density at radius 1 is 0.581 bits per heavy atom. The van der Waals surface area contributed by atoms with Crippen LogP contribution in [0.25, 0.3) is 0 Å². The number of phenolic OH excluding ortho intramolecular Hbond substituents is 3. The Hall–Kier alpha value is -4.44. The number of aromatic hydroxyl groups is 3. The molecule has 9 nitrogen and oxygen atoms in total. The number of hydrogen-bond acceptors (Lipinski definition) is 9. The van der Waals surface area contributed by atoms with Crippen molar-refractivity contribution in [1.29, 1.82) is 0 Å². The van der Waals surface area contributed by atoms with Gasteiger partial charge in [0.25, 0.3) is 0 Å². The van der Waals surface area contributed by atoms with Crippen LogP contribution in [0.4, 0.5) is 0 Å². The molecule has 0 aliphatic carbocycles. The first-order valence-corrected chi connectivity index (χ1v) is 13.8. The fraction of sp³-hybridized carbons (Fsp3) is 0.294. The van der Waals surface area contributed by atoms with Crippen molar-refractivity contribution in [3.05, 3.63) is 106 Å². The van der Waals surface area contributed by atoms with E-state index in [0.717, 1.165) is 11.1 Å². The average Bonchev–Trinajstić information content (AvgIpc) is 3.01. The number of benzene rings is 4. The number of hydrogen-bond donors (Lipinski definition) is 6. The molecule has 4 atom stereocenters. The van der Waals surface area contributed by atoms with Gasteiger partial charge in [0.1, 0.15) is 17.6 Å². The van der Waals surface area contributed by atoms with Gasteiger partial charge in [-0.25, -0.2) is 0 Å². The van der Waals surface area contributed by atoms with Gasteiger partial charge in [0.05, 0.1) is 39.5 Å². The lowest BCUT2D eigenvalue weighted by molar-refractivity contribution is 0.0814. The van der Waals surface area contributed by atoms with E-state index in [1.165, 1.54) is 20.3 Å². The van der Waals surface area contributed by atoms with E-state index in [-0.39, 0.29) is 34.5 Å². The van der Waals surface area contributed by atoms with Crippen LogP contribution in [-0.4, -0.2) is 70.3 Å². The Bertz CT molecular complexity index is 1550. The molecule has 228 valence electrons. The van der Waals surface area contributed by atoms with Gasteiger partial charge in [-0.1, -0.05) is 47.5 Å². The lowest BCUT2D eigenvalue weighted by Gasteiger charge is -2.30. The number of methoxy groups -OCH3 is 2. The van der Waals surface area contributed by atoms with Crippen LogP contribution in [-0.2, 0) is 0 Å². The van der Waals surface area contributed by atoms with Crippen LogP contribution < -0.4 is 14.2 Å². The SMILES string of the molecule is COc1cc(C(c2cc(C)ccc2O)C(CO)Oc2ccc(C(c3cc(C)ccc3O)C(O)CO)cc2OC)ccc1O. The van der Waals surface area contributed by atoms with Crippen LogP contribution in [0.5, 0.6) is 34.5 Å². The molecule has 0 spiro atoms. The number of ether oxygens (including phenoxy) is 3. The zero-order chi connectivity index (χ0) is 31.3. The van der Waals surface area contributed by atoms with E-state index in [2.05, 4.69) is 0 Å². The second-order valence-corrected chi connectivity index (χ2v) is 10.5. The van der Waals surface area contributed by atoms with Crippen LogP contribution in [0.2, 0.25) is 0 Å². The fourth-order valence-corrected chi connectivity index (χ4v) is 5.39. The quantitative estimate of drug-likeness (QED) is 0.140. The summed E-state index contributed by atoms with van der Waals surface area (Å²) in [6.45, 7) is 2.76. The van der Waals surface area contributed by atoms with Crippen molar-refractivity contribution in [2.24, 2.45) is 0 Å². The van der Waals surface area contributed by atoms with E-state index in [0.29, 0.717) is 22.3 Å². The second-order valence-electron chi connectivity index (χ2n) is 10.5. The maximum Gasteiger partial charge on any atom is 0.161 e.